The van der Waals surface area contributed by atoms with E-state index in [1.165, 1.54) is 11.8 Å². The van der Waals surface area contributed by atoms with Crippen molar-refractivity contribution in [3.8, 4) is 0 Å². The van der Waals surface area contributed by atoms with Gasteiger partial charge in [-0.15, -0.1) is 0 Å². The number of nitrogens with two attached hydrogens (primary N) is 1. The van der Waals surface area contributed by atoms with E-state index in [2.05, 4.69) is 27.6 Å². The zero-order valence-corrected chi connectivity index (χ0v) is 11.8. The first-order valence-corrected chi connectivity index (χ1v) is 6.63. The van der Waals surface area contributed by atoms with E-state index in [1.807, 2.05) is 32.0 Å². The predicted octanol–water partition coefficient (Wildman–Crippen LogP) is 2.13. The highest BCUT2D eigenvalue weighted by molar-refractivity contribution is 5.97. The molecule has 1 heterocycles. The standard InChI is InChI=1S/C15H20N4O/c1-15(2,9-8-11-6-4-3-5-7-11)18-14(20)13-12(16)10-17-19-13/h3-7,10H,8-9,16H2,1-2H3,(H,17,19)(H,18,20). The van der Waals surface area contributed by atoms with E-state index in [-0.39, 0.29) is 11.4 Å². The van der Waals surface area contributed by atoms with Crippen LogP contribution in [0.5, 0.6) is 0 Å². The molecular formula is C15H20N4O. The lowest BCUT2D eigenvalue weighted by molar-refractivity contribution is 0.0905. The molecule has 0 bridgehead atoms. The Bertz CT molecular complexity index is 575. The molecule has 0 aliphatic carbocycles. The minimum absolute atomic E-state index is 0.224. The van der Waals surface area contributed by atoms with Crippen LogP contribution in [-0.4, -0.2) is 21.6 Å². The van der Waals surface area contributed by atoms with Gasteiger partial charge in [0, 0.05) is 5.54 Å². The van der Waals surface area contributed by atoms with Crippen LogP contribution in [0.1, 0.15) is 36.3 Å². The summed E-state index contributed by atoms with van der Waals surface area (Å²) in [6.45, 7) is 4.00. The second-order valence-electron chi connectivity index (χ2n) is 5.52. The molecule has 2 rings (SSSR count). The summed E-state index contributed by atoms with van der Waals surface area (Å²) < 4.78 is 0. The zero-order valence-electron chi connectivity index (χ0n) is 11.8. The molecule has 0 saturated carbocycles. The first-order chi connectivity index (χ1) is 9.48. The molecule has 0 aliphatic rings. The number of aromatic nitrogens is 2. The fraction of sp³-hybridized carbons (Fsp3) is 0.333. The summed E-state index contributed by atoms with van der Waals surface area (Å²) in [5.74, 6) is -0.224. The van der Waals surface area contributed by atoms with E-state index in [1.54, 1.807) is 0 Å². The monoisotopic (exact) mass is 272 g/mol. The van der Waals surface area contributed by atoms with Crippen molar-refractivity contribution in [3.63, 3.8) is 0 Å². The van der Waals surface area contributed by atoms with E-state index in [0.29, 0.717) is 11.4 Å². The van der Waals surface area contributed by atoms with Crippen molar-refractivity contribution in [3.05, 3.63) is 47.8 Å². The Kier molecular flexibility index (Phi) is 4.08. The number of amides is 1. The van der Waals surface area contributed by atoms with Gasteiger partial charge in [-0.05, 0) is 32.3 Å². The Morgan fingerprint density at radius 2 is 2.05 bits per heavy atom. The van der Waals surface area contributed by atoms with Gasteiger partial charge < -0.3 is 11.1 Å². The average molecular weight is 272 g/mol. The molecule has 1 aromatic heterocycles. The maximum atomic E-state index is 12.1. The molecule has 0 aliphatic heterocycles. The number of hydrogen-bond donors (Lipinski definition) is 3. The molecule has 1 amide bonds. The van der Waals surface area contributed by atoms with Crippen molar-refractivity contribution in [2.75, 3.05) is 5.73 Å². The van der Waals surface area contributed by atoms with E-state index in [4.69, 9.17) is 5.73 Å². The normalized spacial score (nSPS) is 11.3. The topological polar surface area (TPSA) is 83.8 Å². The number of aryl methyl sites for hydroxylation is 1. The van der Waals surface area contributed by atoms with Crippen LogP contribution in [0.2, 0.25) is 0 Å². The molecule has 20 heavy (non-hydrogen) atoms. The van der Waals surface area contributed by atoms with E-state index < -0.39 is 0 Å². The fourth-order valence-corrected chi connectivity index (χ4v) is 2.01. The van der Waals surface area contributed by atoms with Crippen LogP contribution in [0.25, 0.3) is 0 Å². The molecule has 2 aromatic rings. The molecule has 0 fully saturated rings. The van der Waals surface area contributed by atoms with Crippen LogP contribution in [0.4, 0.5) is 5.69 Å². The molecule has 1 aromatic carbocycles. The maximum absolute atomic E-state index is 12.1. The van der Waals surface area contributed by atoms with Crippen molar-refractivity contribution >= 4 is 11.6 Å². The molecule has 0 unspecified atom stereocenters. The third-order valence-electron chi connectivity index (χ3n) is 3.23. The van der Waals surface area contributed by atoms with Gasteiger partial charge in [0.2, 0.25) is 0 Å². The van der Waals surface area contributed by atoms with Crippen molar-refractivity contribution in [1.29, 1.82) is 0 Å². The molecule has 0 spiro atoms. The van der Waals surface area contributed by atoms with Crippen molar-refractivity contribution in [1.82, 2.24) is 15.5 Å². The second-order valence-corrected chi connectivity index (χ2v) is 5.52. The number of nitrogen functional groups attached to an aromatic ring is 1. The Labute approximate surface area is 118 Å². The average Bonchev–Trinajstić information content (AvgIpc) is 2.84. The lowest BCUT2D eigenvalue weighted by Crippen LogP contribution is -2.44. The molecule has 0 atom stereocenters. The first-order valence-electron chi connectivity index (χ1n) is 6.63. The van der Waals surface area contributed by atoms with Gasteiger partial charge in [0.1, 0.15) is 5.69 Å². The van der Waals surface area contributed by atoms with E-state index >= 15 is 0 Å². The summed E-state index contributed by atoms with van der Waals surface area (Å²) in [4.78, 5) is 12.1. The quantitative estimate of drug-likeness (QED) is 0.779. The third-order valence-corrected chi connectivity index (χ3v) is 3.23. The summed E-state index contributed by atoms with van der Waals surface area (Å²) >= 11 is 0. The van der Waals surface area contributed by atoms with Crippen molar-refractivity contribution in [2.24, 2.45) is 0 Å². The summed E-state index contributed by atoms with van der Waals surface area (Å²) in [5.41, 5.74) is 7.30. The zero-order chi connectivity index (χ0) is 14.6. The number of anilines is 1. The SMILES string of the molecule is CC(C)(CCc1ccccc1)NC(=O)c1[nH]ncc1N. The van der Waals surface area contributed by atoms with Crippen LogP contribution >= 0.6 is 0 Å². The Balaban J connectivity index is 1.94. The third kappa shape index (κ3) is 3.60. The molecule has 0 saturated heterocycles. The summed E-state index contributed by atoms with van der Waals surface area (Å²) in [6.07, 6.45) is 3.19. The first kappa shape index (κ1) is 14.1. The van der Waals surface area contributed by atoms with Gasteiger partial charge in [0.15, 0.2) is 0 Å². The van der Waals surface area contributed by atoms with Crippen LogP contribution in [0.15, 0.2) is 36.5 Å². The predicted molar refractivity (Wildman–Crippen MR) is 79.3 cm³/mol. The number of hydrogen-bond acceptors (Lipinski definition) is 3. The minimum atomic E-state index is -0.315. The van der Waals surface area contributed by atoms with Crippen LogP contribution in [-0.2, 0) is 6.42 Å². The molecule has 5 heteroatoms. The number of rotatable bonds is 5. The van der Waals surface area contributed by atoms with Gasteiger partial charge in [0.05, 0.1) is 11.9 Å². The number of benzene rings is 1. The number of carbonyl (C=O) groups is 1. The number of aromatic amines is 1. The highest BCUT2D eigenvalue weighted by atomic mass is 16.2. The lowest BCUT2D eigenvalue weighted by atomic mass is 9.95. The van der Waals surface area contributed by atoms with Gasteiger partial charge in [-0.1, -0.05) is 30.3 Å². The number of nitrogens with one attached hydrogen (secondary N) is 2. The maximum Gasteiger partial charge on any atom is 0.271 e. The summed E-state index contributed by atoms with van der Waals surface area (Å²) in [6, 6.07) is 10.2. The van der Waals surface area contributed by atoms with Gasteiger partial charge in [-0.25, -0.2) is 0 Å². The summed E-state index contributed by atoms with van der Waals surface area (Å²) in [5, 5.41) is 9.35. The fourth-order valence-electron chi connectivity index (χ4n) is 2.01. The Morgan fingerprint density at radius 3 is 2.65 bits per heavy atom. The van der Waals surface area contributed by atoms with Gasteiger partial charge in [-0.3, -0.25) is 9.89 Å². The van der Waals surface area contributed by atoms with Crippen LogP contribution < -0.4 is 11.1 Å². The summed E-state index contributed by atoms with van der Waals surface area (Å²) in [7, 11) is 0. The number of carbonyl (C=O) groups excluding carboxylic acids is 1. The second kappa shape index (κ2) is 5.77. The molecule has 0 radical (unpaired) electrons. The largest absolute Gasteiger partial charge is 0.396 e. The van der Waals surface area contributed by atoms with Crippen molar-refractivity contribution in [2.45, 2.75) is 32.2 Å². The molecule has 4 N–H and O–H groups in total. The van der Waals surface area contributed by atoms with Crippen molar-refractivity contribution < 1.29 is 4.79 Å². The Hall–Kier alpha value is -2.30. The van der Waals surface area contributed by atoms with Crippen LogP contribution in [0.3, 0.4) is 0 Å². The van der Waals surface area contributed by atoms with Gasteiger partial charge in [0.25, 0.3) is 5.91 Å². The van der Waals surface area contributed by atoms with E-state index in [9.17, 15) is 4.79 Å². The van der Waals surface area contributed by atoms with Gasteiger partial charge in [-0.2, -0.15) is 5.10 Å². The van der Waals surface area contributed by atoms with E-state index in [0.717, 1.165) is 12.8 Å². The minimum Gasteiger partial charge on any atom is -0.396 e. The lowest BCUT2D eigenvalue weighted by Gasteiger charge is -2.26. The van der Waals surface area contributed by atoms with Crippen LogP contribution in [0, 0.1) is 0 Å². The van der Waals surface area contributed by atoms with Gasteiger partial charge >= 0.3 is 0 Å². The Morgan fingerprint density at radius 1 is 1.35 bits per heavy atom. The molecule has 106 valence electrons. The molecule has 5 nitrogen and oxygen atoms in total. The number of H-pyrrole nitrogens is 1. The smallest absolute Gasteiger partial charge is 0.271 e. The highest BCUT2D eigenvalue weighted by Gasteiger charge is 2.22. The molecular weight excluding hydrogens is 252 g/mol. The highest BCUT2D eigenvalue weighted by Crippen LogP contribution is 2.15. The number of nitrogens with zero attached hydrogens (tertiary/aromatic N) is 1.